The molecule has 1 aromatic rings. The maximum absolute atomic E-state index is 12.4. The first kappa shape index (κ1) is 24.7. The Hall–Kier alpha value is -1.89. The third-order valence-corrected chi connectivity index (χ3v) is 7.00. The van der Waals surface area contributed by atoms with Gasteiger partial charge in [0.15, 0.2) is 0 Å². The van der Waals surface area contributed by atoms with Crippen molar-refractivity contribution in [3.8, 4) is 0 Å². The maximum Gasteiger partial charge on any atom is 0.315 e. The highest BCUT2D eigenvalue weighted by Gasteiger charge is 2.42. The van der Waals surface area contributed by atoms with Crippen LogP contribution in [0.3, 0.4) is 0 Å². The van der Waals surface area contributed by atoms with Crippen LogP contribution in [0, 0.1) is 6.92 Å². The molecule has 0 spiro atoms. The van der Waals surface area contributed by atoms with Crippen molar-refractivity contribution in [3.63, 3.8) is 0 Å². The molecule has 12 heteroatoms. The van der Waals surface area contributed by atoms with Gasteiger partial charge in [-0.1, -0.05) is 11.6 Å². The van der Waals surface area contributed by atoms with Gasteiger partial charge in [0.1, 0.15) is 0 Å². The first-order valence-corrected chi connectivity index (χ1v) is 12.2. The molecule has 3 heterocycles. The predicted molar refractivity (Wildman–Crippen MR) is 119 cm³/mol. The Balaban J connectivity index is 1.18. The summed E-state index contributed by atoms with van der Waals surface area (Å²) in [6, 6.07) is 0.393. The second kappa shape index (κ2) is 13.0. The summed E-state index contributed by atoms with van der Waals surface area (Å²) < 4.78 is 12.8. The summed E-state index contributed by atoms with van der Waals surface area (Å²) in [7, 11) is 1.50. The van der Waals surface area contributed by atoms with E-state index >= 15 is 0 Å². The van der Waals surface area contributed by atoms with Crippen molar-refractivity contribution in [1.82, 2.24) is 30.7 Å². The molecule has 2 fully saturated rings. The summed E-state index contributed by atoms with van der Waals surface area (Å²) in [6.45, 7) is 4.79. The van der Waals surface area contributed by atoms with E-state index < -0.39 is 0 Å². The van der Waals surface area contributed by atoms with E-state index in [4.69, 9.17) is 14.3 Å². The molecule has 32 heavy (non-hydrogen) atoms. The number of carbonyl (C=O) groups is 2. The van der Waals surface area contributed by atoms with Crippen LogP contribution in [0.1, 0.15) is 31.4 Å². The number of unbranched alkanes of at least 4 members (excludes halogenated alkanes) is 1. The van der Waals surface area contributed by atoms with Gasteiger partial charge >= 0.3 is 6.03 Å². The lowest BCUT2D eigenvalue weighted by molar-refractivity contribution is -0.179. The molecule has 3 atom stereocenters. The predicted octanol–water partition coefficient (Wildman–Crippen LogP) is 0.736. The van der Waals surface area contributed by atoms with Gasteiger partial charge in [-0.3, -0.25) is 9.63 Å². The molecule has 1 aromatic heterocycles. The molecule has 0 bridgehead atoms. The van der Waals surface area contributed by atoms with Crippen LogP contribution in [0.5, 0.6) is 0 Å². The van der Waals surface area contributed by atoms with Crippen molar-refractivity contribution in [3.05, 3.63) is 11.9 Å². The first-order valence-electron chi connectivity index (χ1n) is 11.1. The number of hydroxylamine groups is 2. The highest BCUT2D eigenvalue weighted by atomic mass is 32.2. The van der Waals surface area contributed by atoms with Crippen LogP contribution in [0.15, 0.2) is 6.20 Å². The topological polar surface area (TPSA) is 120 Å². The van der Waals surface area contributed by atoms with Crippen LogP contribution in [-0.2, 0) is 25.7 Å². The molecular weight excluding hydrogens is 436 g/mol. The number of aromatic nitrogens is 3. The number of aryl methyl sites for hydroxylation is 1. The van der Waals surface area contributed by atoms with Gasteiger partial charge in [-0.15, -0.1) is 5.10 Å². The van der Waals surface area contributed by atoms with Gasteiger partial charge < -0.3 is 20.1 Å². The molecule has 0 saturated carbocycles. The summed E-state index contributed by atoms with van der Waals surface area (Å²) in [5.41, 5.74) is 0.883. The average Bonchev–Trinajstić information content (AvgIpc) is 3.46. The Morgan fingerprint density at radius 3 is 2.81 bits per heavy atom. The third-order valence-electron chi connectivity index (χ3n) is 5.49. The zero-order valence-electron chi connectivity index (χ0n) is 18.8. The number of ether oxygens (including phenoxy) is 2. The van der Waals surface area contributed by atoms with Crippen molar-refractivity contribution in [2.75, 3.05) is 45.8 Å². The van der Waals surface area contributed by atoms with Gasteiger partial charge in [-0.25, -0.2) is 14.5 Å². The molecule has 0 radical (unpaired) electrons. The van der Waals surface area contributed by atoms with Crippen LogP contribution in [0.4, 0.5) is 4.79 Å². The maximum atomic E-state index is 12.4. The number of rotatable bonds is 15. The van der Waals surface area contributed by atoms with Gasteiger partial charge in [-0.2, -0.15) is 11.8 Å². The zero-order chi connectivity index (χ0) is 22.8. The van der Waals surface area contributed by atoms with E-state index in [0.717, 1.165) is 30.7 Å². The van der Waals surface area contributed by atoms with Crippen LogP contribution < -0.4 is 10.6 Å². The van der Waals surface area contributed by atoms with Crippen molar-refractivity contribution < 1.29 is 23.9 Å². The first-order chi connectivity index (χ1) is 15.6. The molecule has 0 aliphatic carbocycles. The summed E-state index contributed by atoms with van der Waals surface area (Å²) in [6.07, 6.45) is 5.05. The summed E-state index contributed by atoms with van der Waals surface area (Å²) >= 11 is 1.90. The van der Waals surface area contributed by atoms with Gasteiger partial charge in [0, 0.05) is 23.6 Å². The fraction of sp³-hybridized carbons (Fsp3) is 0.800. The number of thioether (sulfide) groups is 1. The fourth-order valence-corrected chi connectivity index (χ4v) is 5.38. The molecule has 3 amide bonds. The van der Waals surface area contributed by atoms with Gasteiger partial charge in [0.2, 0.25) is 5.91 Å². The van der Waals surface area contributed by atoms with Gasteiger partial charge in [0.25, 0.3) is 0 Å². The second-order valence-corrected chi connectivity index (χ2v) is 9.17. The van der Waals surface area contributed by atoms with Crippen LogP contribution in [-0.4, -0.2) is 95.2 Å². The summed E-state index contributed by atoms with van der Waals surface area (Å²) in [5, 5.41) is 15.6. The molecule has 2 aliphatic heterocycles. The lowest BCUT2D eigenvalue weighted by Gasteiger charge is -2.20. The Labute approximate surface area is 192 Å². The van der Waals surface area contributed by atoms with Crippen LogP contribution >= 0.6 is 11.8 Å². The minimum absolute atomic E-state index is 0.0386. The molecule has 3 rings (SSSR count). The molecule has 2 saturated heterocycles. The molecule has 0 aromatic carbocycles. The zero-order valence-corrected chi connectivity index (χ0v) is 19.6. The number of urea groups is 1. The number of nitrogens with one attached hydrogen (secondary N) is 2. The SMILES string of the molecule is CON(CCOCCOCCn1cc(C)nn1)C(=O)CCCCC1SC[C@H]2NC(=O)N[C@@H]12. The van der Waals surface area contributed by atoms with E-state index in [2.05, 4.69) is 20.9 Å². The quantitative estimate of drug-likeness (QED) is 0.219. The van der Waals surface area contributed by atoms with Crippen molar-refractivity contribution in [2.24, 2.45) is 0 Å². The Morgan fingerprint density at radius 1 is 1.25 bits per heavy atom. The molecule has 1 unspecified atom stereocenters. The fourth-order valence-electron chi connectivity index (χ4n) is 3.84. The highest BCUT2D eigenvalue weighted by Crippen LogP contribution is 2.33. The lowest BCUT2D eigenvalue weighted by Crippen LogP contribution is -2.36. The van der Waals surface area contributed by atoms with E-state index in [1.165, 1.54) is 12.2 Å². The summed E-state index contributed by atoms with van der Waals surface area (Å²) in [4.78, 5) is 29.0. The number of carbonyl (C=O) groups excluding carboxylic acids is 2. The normalized spacial score (nSPS) is 21.9. The Morgan fingerprint density at radius 2 is 2.06 bits per heavy atom. The average molecular weight is 471 g/mol. The van der Waals surface area contributed by atoms with Crippen molar-refractivity contribution >= 4 is 23.7 Å². The number of amides is 3. The van der Waals surface area contributed by atoms with E-state index in [0.29, 0.717) is 51.2 Å². The number of fused-ring (bicyclic) bond motifs is 1. The second-order valence-electron chi connectivity index (χ2n) is 7.89. The molecule has 180 valence electrons. The smallest absolute Gasteiger partial charge is 0.315 e. The minimum atomic E-state index is -0.0631. The number of nitrogens with zero attached hydrogens (tertiary/aromatic N) is 4. The van der Waals surface area contributed by atoms with Gasteiger partial charge in [-0.05, 0) is 19.8 Å². The highest BCUT2D eigenvalue weighted by molar-refractivity contribution is 8.00. The Bertz CT molecular complexity index is 735. The molecular formula is C20H34N6O5S. The van der Waals surface area contributed by atoms with E-state index in [9.17, 15) is 9.59 Å². The van der Waals surface area contributed by atoms with E-state index in [-0.39, 0.29) is 24.0 Å². The third kappa shape index (κ3) is 7.61. The van der Waals surface area contributed by atoms with Crippen molar-refractivity contribution in [1.29, 1.82) is 0 Å². The molecule has 11 nitrogen and oxygen atoms in total. The lowest BCUT2D eigenvalue weighted by atomic mass is 10.0. The molecule has 2 aliphatic rings. The number of hydrogen-bond donors (Lipinski definition) is 2. The van der Waals surface area contributed by atoms with E-state index in [1.54, 1.807) is 4.68 Å². The number of hydrogen-bond acceptors (Lipinski definition) is 8. The monoisotopic (exact) mass is 470 g/mol. The summed E-state index contributed by atoms with van der Waals surface area (Å²) in [5.74, 6) is 0.917. The standard InChI is InChI=1S/C20H34N6O5S/c1-15-13-25(24-23-15)7-9-30-11-12-31-10-8-26(29-2)18(27)6-4-3-5-17-19-16(14-32-17)21-20(28)22-19/h13,16-17,19H,3-12,14H2,1-2H3,(H2,21,22,28)/t16-,17?,19-/m1/s1. The Kier molecular flexibility index (Phi) is 10.0. The van der Waals surface area contributed by atoms with Gasteiger partial charge in [0.05, 0.1) is 64.4 Å². The molecule has 2 N–H and O–H groups in total. The van der Waals surface area contributed by atoms with Crippen molar-refractivity contribution in [2.45, 2.75) is 56.5 Å². The van der Waals surface area contributed by atoms with E-state index in [1.807, 2.05) is 24.9 Å². The van der Waals surface area contributed by atoms with Crippen LogP contribution in [0.2, 0.25) is 0 Å². The van der Waals surface area contributed by atoms with Crippen LogP contribution in [0.25, 0.3) is 0 Å². The minimum Gasteiger partial charge on any atom is -0.377 e. The largest absolute Gasteiger partial charge is 0.377 e.